The molecular weight excluding hydrogens is 325 g/mol. The van der Waals surface area contributed by atoms with Crippen molar-refractivity contribution in [2.75, 3.05) is 18.0 Å². The Morgan fingerprint density at radius 2 is 2.18 bits per heavy atom. The van der Waals surface area contributed by atoms with Crippen LogP contribution in [0, 0.1) is 5.92 Å². The Morgan fingerprint density at radius 1 is 1.45 bits per heavy atom. The quantitative estimate of drug-likeness (QED) is 0.804. The molecule has 0 aromatic heterocycles. The van der Waals surface area contributed by atoms with Crippen LogP contribution in [0.1, 0.15) is 19.8 Å². The van der Waals surface area contributed by atoms with Crippen LogP contribution < -0.4 is 16.0 Å². The molecular formula is C15H19Cl2N3O2. The molecule has 0 aliphatic carbocycles. The fraction of sp³-hybridized carbons (Fsp3) is 0.467. The minimum Gasteiger partial charge on any atom is -0.355 e. The van der Waals surface area contributed by atoms with Gasteiger partial charge in [0.25, 0.3) is 0 Å². The average molecular weight is 344 g/mol. The molecule has 0 spiro atoms. The van der Waals surface area contributed by atoms with Gasteiger partial charge in [0.2, 0.25) is 11.8 Å². The van der Waals surface area contributed by atoms with Gasteiger partial charge < -0.3 is 16.0 Å². The highest BCUT2D eigenvalue weighted by atomic mass is 35.5. The lowest BCUT2D eigenvalue weighted by Crippen LogP contribution is -2.38. The fourth-order valence-corrected chi connectivity index (χ4v) is 2.67. The number of rotatable bonds is 5. The molecule has 1 aromatic rings. The molecule has 1 heterocycles. The molecule has 1 fully saturated rings. The number of benzene rings is 1. The Labute approximate surface area is 139 Å². The predicted octanol–water partition coefficient (Wildman–Crippen LogP) is 2.20. The van der Waals surface area contributed by atoms with Gasteiger partial charge in [0, 0.05) is 24.8 Å². The van der Waals surface area contributed by atoms with E-state index in [4.69, 9.17) is 28.9 Å². The summed E-state index contributed by atoms with van der Waals surface area (Å²) in [6.07, 6.45) is 1.17. The van der Waals surface area contributed by atoms with Crippen molar-refractivity contribution in [1.29, 1.82) is 0 Å². The number of nitrogens with two attached hydrogens (primary N) is 1. The minimum atomic E-state index is -0.650. The summed E-state index contributed by atoms with van der Waals surface area (Å²) < 4.78 is 0. The topological polar surface area (TPSA) is 75.4 Å². The molecule has 0 radical (unpaired) electrons. The standard InChI is InChI=1S/C15H19Cl2N3O2/c1-9(18)4-6-19-14(21)11-5-7-20(15(11)22)10-2-3-12(16)13(17)8-10/h2-3,8-9,11H,4-7,18H2,1H3,(H,19,21). The van der Waals surface area contributed by atoms with E-state index < -0.39 is 5.92 Å². The summed E-state index contributed by atoms with van der Waals surface area (Å²) in [5.74, 6) is -1.10. The molecule has 2 unspecified atom stereocenters. The van der Waals surface area contributed by atoms with Crippen LogP contribution in [0.4, 0.5) is 5.69 Å². The Hall–Kier alpha value is -1.30. The lowest BCUT2D eigenvalue weighted by atomic mass is 10.1. The predicted molar refractivity (Wildman–Crippen MR) is 88.2 cm³/mol. The first-order valence-electron chi connectivity index (χ1n) is 7.20. The third-order valence-corrected chi connectivity index (χ3v) is 4.37. The van der Waals surface area contributed by atoms with Crippen LogP contribution in [0.25, 0.3) is 0 Å². The van der Waals surface area contributed by atoms with E-state index in [9.17, 15) is 9.59 Å². The van der Waals surface area contributed by atoms with Gasteiger partial charge in [-0.25, -0.2) is 0 Å². The number of carbonyl (C=O) groups is 2. The van der Waals surface area contributed by atoms with Crippen molar-refractivity contribution in [2.24, 2.45) is 11.7 Å². The number of carbonyl (C=O) groups excluding carboxylic acids is 2. The molecule has 22 heavy (non-hydrogen) atoms. The average Bonchev–Trinajstić information content (AvgIpc) is 2.83. The lowest BCUT2D eigenvalue weighted by Gasteiger charge is -2.17. The summed E-state index contributed by atoms with van der Waals surface area (Å²) in [5.41, 5.74) is 6.29. The number of hydrogen-bond donors (Lipinski definition) is 2. The number of nitrogens with zero attached hydrogens (tertiary/aromatic N) is 1. The number of nitrogens with one attached hydrogen (secondary N) is 1. The van der Waals surface area contributed by atoms with Gasteiger partial charge in [-0.3, -0.25) is 9.59 Å². The zero-order valence-electron chi connectivity index (χ0n) is 12.3. The Balaban J connectivity index is 2.00. The molecule has 7 heteroatoms. The molecule has 1 aliphatic rings. The number of amides is 2. The molecule has 2 amide bonds. The van der Waals surface area contributed by atoms with E-state index in [1.165, 1.54) is 0 Å². The molecule has 0 saturated carbocycles. The van der Waals surface area contributed by atoms with Crippen LogP contribution in [0.2, 0.25) is 10.0 Å². The van der Waals surface area contributed by atoms with E-state index in [1.54, 1.807) is 23.1 Å². The van der Waals surface area contributed by atoms with E-state index in [2.05, 4.69) is 5.32 Å². The van der Waals surface area contributed by atoms with Crippen LogP contribution in [0.3, 0.4) is 0 Å². The van der Waals surface area contributed by atoms with Crippen molar-refractivity contribution in [3.63, 3.8) is 0 Å². The molecule has 120 valence electrons. The van der Waals surface area contributed by atoms with Gasteiger partial charge in [-0.1, -0.05) is 23.2 Å². The van der Waals surface area contributed by atoms with Crippen LogP contribution >= 0.6 is 23.2 Å². The normalized spacial score (nSPS) is 19.4. The summed E-state index contributed by atoms with van der Waals surface area (Å²) in [4.78, 5) is 26.1. The Bertz CT molecular complexity index is 578. The number of hydrogen-bond acceptors (Lipinski definition) is 3. The van der Waals surface area contributed by atoms with Crippen LogP contribution in [-0.2, 0) is 9.59 Å². The molecule has 1 saturated heterocycles. The van der Waals surface area contributed by atoms with Crippen molar-refractivity contribution in [3.8, 4) is 0 Å². The van der Waals surface area contributed by atoms with Crippen molar-refractivity contribution >= 4 is 40.7 Å². The second-order valence-corrected chi connectivity index (χ2v) is 6.30. The summed E-state index contributed by atoms with van der Waals surface area (Å²) >= 11 is 11.9. The highest BCUT2D eigenvalue weighted by molar-refractivity contribution is 6.42. The SMILES string of the molecule is CC(N)CCNC(=O)C1CCN(c2ccc(Cl)c(Cl)c2)C1=O. The van der Waals surface area contributed by atoms with Crippen molar-refractivity contribution in [2.45, 2.75) is 25.8 Å². The van der Waals surface area contributed by atoms with E-state index in [0.717, 1.165) is 0 Å². The largest absolute Gasteiger partial charge is 0.355 e. The highest BCUT2D eigenvalue weighted by Gasteiger charge is 2.37. The van der Waals surface area contributed by atoms with Gasteiger partial charge in [0.1, 0.15) is 5.92 Å². The van der Waals surface area contributed by atoms with E-state index in [-0.39, 0.29) is 17.9 Å². The molecule has 3 N–H and O–H groups in total. The van der Waals surface area contributed by atoms with Gasteiger partial charge in [-0.15, -0.1) is 0 Å². The zero-order chi connectivity index (χ0) is 16.3. The summed E-state index contributed by atoms with van der Waals surface area (Å²) in [6, 6.07) is 5.02. The lowest BCUT2D eigenvalue weighted by molar-refractivity contribution is -0.132. The van der Waals surface area contributed by atoms with E-state index >= 15 is 0 Å². The molecule has 2 atom stereocenters. The maximum Gasteiger partial charge on any atom is 0.239 e. The molecule has 1 aliphatic heterocycles. The van der Waals surface area contributed by atoms with Crippen LogP contribution in [-0.4, -0.2) is 30.9 Å². The maximum atomic E-state index is 12.4. The first-order valence-corrected chi connectivity index (χ1v) is 7.95. The Kier molecular flexibility index (Phi) is 5.67. The molecule has 1 aromatic carbocycles. The number of halogens is 2. The van der Waals surface area contributed by atoms with Crippen molar-refractivity contribution in [3.05, 3.63) is 28.2 Å². The molecule has 2 rings (SSSR count). The second kappa shape index (κ2) is 7.31. The van der Waals surface area contributed by atoms with Gasteiger partial charge >= 0.3 is 0 Å². The minimum absolute atomic E-state index is 0.0206. The van der Waals surface area contributed by atoms with Crippen molar-refractivity contribution in [1.82, 2.24) is 5.32 Å². The molecule has 0 bridgehead atoms. The zero-order valence-corrected chi connectivity index (χ0v) is 13.8. The summed E-state index contributed by atoms with van der Waals surface area (Å²) in [7, 11) is 0. The maximum absolute atomic E-state index is 12.4. The fourth-order valence-electron chi connectivity index (χ4n) is 2.38. The monoisotopic (exact) mass is 343 g/mol. The summed E-state index contributed by atoms with van der Waals surface area (Å²) in [5, 5.41) is 3.58. The smallest absolute Gasteiger partial charge is 0.239 e. The Morgan fingerprint density at radius 3 is 2.82 bits per heavy atom. The third-order valence-electron chi connectivity index (χ3n) is 3.64. The van der Waals surface area contributed by atoms with Gasteiger partial charge in [-0.05, 0) is 38.0 Å². The number of anilines is 1. The highest BCUT2D eigenvalue weighted by Crippen LogP contribution is 2.31. The van der Waals surface area contributed by atoms with Gasteiger partial charge in [0.05, 0.1) is 10.0 Å². The first-order chi connectivity index (χ1) is 10.4. The first kappa shape index (κ1) is 17.1. The van der Waals surface area contributed by atoms with Crippen molar-refractivity contribution < 1.29 is 9.59 Å². The molecule has 5 nitrogen and oxygen atoms in total. The van der Waals surface area contributed by atoms with Gasteiger partial charge in [-0.2, -0.15) is 0 Å². The van der Waals surface area contributed by atoms with Crippen LogP contribution in [0.15, 0.2) is 18.2 Å². The third kappa shape index (κ3) is 3.91. The second-order valence-electron chi connectivity index (χ2n) is 5.49. The summed E-state index contributed by atoms with van der Waals surface area (Å²) in [6.45, 7) is 2.84. The van der Waals surface area contributed by atoms with Crippen LogP contribution in [0.5, 0.6) is 0 Å². The van der Waals surface area contributed by atoms with E-state index in [0.29, 0.717) is 41.7 Å². The van der Waals surface area contributed by atoms with E-state index in [1.807, 2.05) is 6.92 Å². The van der Waals surface area contributed by atoms with Gasteiger partial charge in [0.15, 0.2) is 0 Å².